The number of hydrogen-bond acceptors (Lipinski definition) is 5. The van der Waals surface area contributed by atoms with E-state index in [0.717, 1.165) is 29.5 Å². The number of tetrazole rings is 1. The Morgan fingerprint density at radius 1 is 1.42 bits per heavy atom. The van der Waals surface area contributed by atoms with E-state index in [4.69, 9.17) is 0 Å². The second kappa shape index (κ2) is 3.63. The van der Waals surface area contributed by atoms with Crippen molar-refractivity contribution in [2.24, 2.45) is 13.0 Å². The van der Waals surface area contributed by atoms with Gasteiger partial charge >= 0.3 is 0 Å². The summed E-state index contributed by atoms with van der Waals surface area (Å²) in [5, 5.41) is 12.4. The number of nitrogens with zero attached hydrogens (tertiary/aromatic N) is 5. The summed E-state index contributed by atoms with van der Waals surface area (Å²) < 4.78 is 3.22. The Hall–Kier alpha value is -1.76. The Bertz CT molecular complexity index is 858. The van der Waals surface area contributed by atoms with Crippen molar-refractivity contribution in [2.75, 3.05) is 0 Å². The van der Waals surface area contributed by atoms with Crippen LogP contribution < -0.4 is 5.56 Å². The molecule has 1 unspecified atom stereocenters. The first-order chi connectivity index (χ1) is 9.16. The van der Waals surface area contributed by atoms with Gasteiger partial charge in [0.2, 0.25) is 0 Å². The third-order valence-corrected chi connectivity index (χ3v) is 5.19. The number of rotatable bonds is 0. The molecular formula is C12H13N5OS. The minimum atomic E-state index is 0.0179. The van der Waals surface area contributed by atoms with Crippen molar-refractivity contribution in [1.29, 1.82) is 0 Å². The maximum Gasteiger partial charge on any atom is 0.263 e. The molecule has 7 heteroatoms. The van der Waals surface area contributed by atoms with Crippen LogP contribution in [0.4, 0.5) is 0 Å². The molecule has 0 fully saturated rings. The molecular weight excluding hydrogens is 262 g/mol. The number of aryl methyl sites for hydroxylation is 2. The predicted octanol–water partition coefficient (Wildman–Crippen LogP) is 1.16. The summed E-state index contributed by atoms with van der Waals surface area (Å²) in [7, 11) is 1.73. The zero-order chi connectivity index (χ0) is 13.1. The fourth-order valence-corrected chi connectivity index (χ4v) is 4.33. The average molecular weight is 275 g/mol. The van der Waals surface area contributed by atoms with Crippen molar-refractivity contribution in [2.45, 2.75) is 26.2 Å². The van der Waals surface area contributed by atoms with Crippen LogP contribution in [0.3, 0.4) is 0 Å². The van der Waals surface area contributed by atoms with Gasteiger partial charge in [0.25, 0.3) is 11.3 Å². The van der Waals surface area contributed by atoms with Crippen LogP contribution in [0.1, 0.15) is 23.8 Å². The zero-order valence-electron chi connectivity index (χ0n) is 10.8. The minimum Gasteiger partial charge on any atom is -0.278 e. The topological polar surface area (TPSA) is 65.1 Å². The molecule has 0 aliphatic heterocycles. The third kappa shape index (κ3) is 1.36. The van der Waals surface area contributed by atoms with Crippen molar-refractivity contribution in [3.05, 3.63) is 20.8 Å². The molecule has 4 rings (SSSR count). The van der Waals surface area contributed by atoms with Gasteiger partial charge in [0.05, 0.1) is 5.39 Å². The van der Waals surface area contributed by atoms with Crippen LogP contribution in [-0.2, 0) is 19.9 Å². The van der Waals surface area contributed by atoms with Gasteiger partial charge in [0.1, 0.15) is 4.83 Å². The summed E-state index contributed by atoms with van der Waals surface area (Å²) in [6.45, 7) is 2.26. The Balaban J connectivity index is 2.21. The summed E-state index contributed by atoms with van der Waals surface area (Å²) >= 11 is 1.67. The Morgan fingerprint density at radius 2 is 2.26 bits per heavy atom. The van der Waals surface area contributed by atoms with Crippen LogP contribution in [0.15, 0.2) is 4.79 Å². The molecule has 0 bridgehead atoms. The minimum absolute atomic E-state index is 0.0179. The summed E-state index contributed by atoms with van der Waals surface area (Å²) in [4.78, 5) is 14.7. The van der Waals surface area contributed by atoms with Crippen molar-refractivity contribution < 1.29 is 0 Å². The molecule has 6 nitrogen and oxygen atoms in total. The van der Waals surface area contributed by atoms with Gasteiger partial charge in [0, 0.05) is 11.9 Å². The predicted molar refractivity (Wildman–Crippen MR) is 72.6 cm³/mol. The molecule has 3 heterocycles. The maximum atomic E-state index is 12.5. The quantitative estimate of drug-likeness (QED) is 0.617. The molecule has 0 amide bonds. The summed E-state index contributed by atoms with van der Waals surface area (Å²) in [6, 6.07) is 0. The molecule has 3 aromatic heterocycles. The maximum absolute atomic E-state index is 12.5. The molecule has 1 aliphatic carbocycles. The fourth-order valence-electron chi connectivity index (χ4n) is 2.89. The Labute approximate surface area is 112 Å². The highest BCUT2D eigenvalue weighted by Gasteiger charge is 2.24. The molecule has 0 spiro atoms. The largest absolute Gasteiger partial charge is 0.278 e. The van der Waals surface area contributed by atoms with Gasteiger partial charge in [-0.25, -0.2) is 0 Å². The lowest BCUT2D eigenvalue weighted by Crippen LogP contribution is -2.21. The molecule has 1 atom stereocenters. The van der Waals surface area contributed by atoms with Gasteiger partial charge in [-0.15, -0.1) is 11.3 Å². The van der Waals surface area contributed by atoms with Crippen molar-refractivity contribution in [1.82, 2.24) is 24.6 Å². The molecule has 0 saturated heterocycles. The van der Waals surface area contributed by atoms with Crippen LogP contribution >= 0.6 is 11.3 Å². The fraction of sp³-hybridized carbons (Fsp3) is 0.500. The first-order valence-corrected chi connectivity index (χ1v) is 7.20. The second-order valence-electron chi connectivity index (χ2n) is 5.29. The van der Waals surface area contributed by atoms with E-state index in [-0.39, 0.29) is 5.56 Å². The van der Waals surface area contributed by atoms with Crippen LogP contribution in [-0.4, -0.2) is 24.6 Å². The highest BCUT2D eigenvalue weighted by atomic mass is 32.1. The molecule has 1 aliphatic rings. The number of fused-ring (bicyclic) bond motifs is 5. The zero-order valence-corrected chi connectivity index (χ0v) is 11.6. The van der Waals surface area contributed by atoms with Crippen LogP contribution in [0.2, 0.25) is 0 Å². The van der Waals surface area contributed by atoms with Crippen LogP contribution in [0, 0.1) is 5.92 Å². The highest BCUT2D eigenvalue weighted by molar-refractivity contribution is 7.18. The summed E-state index contributed by atoms with van der Waals surface area (Å²) in [5.41, 5.74) is 1.24. The Kier molecular flexibility index (Phi) is 2.12. The van der Waals surface area contributed by atoms with E-state index in [2.05, 4.69) is 22.4 Å². The van der Waals surface area contributed by atoms with Crippen molar-refractivity contribution in [3.63, 3.8) is 0 Å². The van der Waals surface area contributed by atoms with E-state index in [1.807, 2.05) is 0 Å². The lowest BCUT2D eigenvalue weighted by molar-refractivity contribution is 0.509. The van der Waals surface area contributed by atoms with Gasteiger partial charge in [-0.2, -0.15) is 4.52 Å². The lowest BCUT2D eigenvalue weighted by Gasteiger charge is -2.17. The van der Waals surface area contributed by atoms with E-state index in [1.165, 1.54) is 15.0 Å². The molecule has 19 heavy (non-hydrogen) atoms. The lowest BCUT2D eigenvalue weighted by atomic mass is 9.89. The van der Waals surface area contributed by atoms with Gasteiger partial charge in [-0.3, -0.25) is 9.36 Å². The summed E-state index contributed by atoms with van der Waals surface area (Å²) in [5.74, 6) is 1.19. The van der Waals surface area contributed by atoms with Gasteiger partial charge in [0.15, 0.2) is 0 Å². The van der Waals surface area contributed by atoms with Gasteiger partial charge in [-0.05, 0) is 41.2 Å². The average Bonchev–Trinajstić information content (AvgIpc) is 2.99. The van der Waals surface area contributed by atoms with Crippen LogP contribution in [0.5, 0.6) is 0 Å². The number of thiophene rings is 1. The van der Waals surface area contributed by atoms with E-state index in [9.17, 15) is 4.79 Å². The number of hydrogen-bond donors (Lipinski definition) is 0. The highest BCUT2D eigenvalue weighted by Crippen LogP contribution is 2.36. The van der Waals surface area contributed by atoms with E-state index in [0.29, 0.717) is 11.7 Å². The van der Waals surface area contributed by atoms with Gasteiger partial charge < -0.3 is 0 Å². The molecule has 98 valence electrons. The molecule has 0 saturated carbocycles. The first kappa shape index (κ1) is 11.1. The normalized spacial score (nSPS) is 19.2. The molecule has 0 aromatic carbocycles. The number of aromatic nitrogens is 5. The van der Waals surface area contributed by atoms with Crippen molar-refractivity contribution >= 4 is 27.3 Å². The molecule has 0 N–H and O–H groups in total. The van der Waals surface area contributed by atoms with Crippen LogP contribution in [0.25, 0.3) is 16.0 Å². The smallest absolute Gasteiger partial charge is 0.263 e. The monoisotopic (exact) mass is 275 g/mol. The standard InChI is InChI=1S/C12H13N5OS/c1-6-3-4-7-8(5-6)19-11-9(7)10(18)16(2)12-13-14-15-17(11)12/h6H,3-5H2,1-2H3. The second-order valence-corrected chi connectivity index (χ2v) is 6.37. The first-order valence-electron chi connectivity index (χ1n) is 6.38. The molecule has 3 aromatic rings. The summed E-state index contributed by atoms with van der Waals surface area (Å²) in [6.07, 6.45) is 3.19. The van der Waals surface area contributed by atoms with E-state index in [1.54, 1.807) is 22.9 Å². The Morgan fingerprint density at radius 3 is 3.11 bits per heavy atom. The molecule has 0 radical (unpaired) electrons. The third-order valence-electron chi connectivity index (χ3n) is 3.96. The SMILES string of the molecule is CC1CCc2c(sc3c2c(=O)n(C)c2nnnn32)C1. The van der Waals surface area contributed by atoms with Gasteiger partial charge in [-0.1, -0.05) is 12.0 Å². The van der Waals surface area contributed by atoms with Crippen molar-refractivity contribution in [3.8, 4) is 0 Å². The van der Waals surface area contributed by atoms with E-state index >= 15 is 0 Å². The van der Waals surface area contributed by atoms with E-state index < -0.39 is 0 Å².